The van der Waals surface area contributed by atoms with E-state index in [0.29, 0.717) is 58.6 Å². The van der Waals surface area contributed by atoms with Crippen LogP contribution in [0.15, 0.2) is 24.3 Å². The van der Waals surface area contributed by atoms with Gasteiger partial charge in [0.1, 0.15) is 5.82 Å². The molecule has 0 aromatic carbocycles. The Labute approximate surface area is 231 Å². The van der Waals surface area contributed by atoms with E-state index in [0.717, 1.165) is 6.07 Å². The first-order valence-corrected chi connectivity index (χ1v) is 15.9. The van der Waals surface area contributed by atoms with E-state index in [2.05, 4.69) is 59.7 Å². The molecule has 1 amide bonds. The van der Waals surface area contributed by atoms with E-state index < -0.39 is 20.2 Å². The number of pyridine rings is 1. The number of nitrogens with zero attached hydrogens (tertiary/aromatic N) is 4. The average molecular weight is 567 g/mol. The van der Waals surface area contributed by atoms with Gasteiger partial charge in [-0.3, -0.25) is 4.79 Å². The molecule has 0 saturated heterocycles. The third kappa shape index (κ3) is 11.5. The molecule has 0 radical (unpaired) electrons. The number of carbonyl (C=O) groups excluding carboxylic acids is 1. The molecule has 13 heteroatoms. The topological polar surface area (TPSA) is 120 Å². The first-order valence-electron chi connectivity index (χ1n) is 13.0. The number of hydrogen-bond acceptors (Lipinski definition) is 10. The van der Waals surface area contributed by atoms with Crippen LogP contribution in [-0.4, -0.2) is 96.3 Å². The van der Waals surface area contributed by atoms with Gasteiger partial charge in [0.05, 0.1) is 51.8 Å². The molecule has 2 N–H and O–H groups in total. The maximum Gasteiger partial charge on any atom is 0.260 e. The van der Waals surface area contributed by atoms with Crippen LogP contribution in [0, 0.1) is 5.95 Å². The van der Waals surface area contributed by atoms with Crippen molar-refractivity contribution in [2.75, 3.05) is 82.4 Å². The Hall–Kier alpha value is -2.71. The summed E-state index contributed by atoms with van der Waals surface area (Å²) >= 11 is 0. The summed E-state index contributed by atoms with van der Waals surface area (Å²) in [6.07, 6.45) is 0. The third-order valence-electron chi connectivity index (χ3n) is 6.24. The van der Waals surface area contributed by atoms with Crippen molar-refractivity contribution < 1.29 is 27.8 Å². The zero-order chi connectivity index (χ0) is 28.9. The molecule has 0 fully saturated rings. The number of ether oxygens (including phenoxy) is 3. The molecule has 11 nitrogen and oxygen atoms in total. The molecule has 0 saturated carbocycles. The Morgan fingerprint density at radius 3 is 2.10 bits per heavy atom. The standard InChI is InChI=1S/C26H43FN6O5Si/c1-26(2,3)39(6,7)38-19-18-37-17-16-36-15-14-35-13-12-28-24-20(8-9-21(27)29-24)25(34)30-22-10-11-23(32-31-22)33(4)5/h8-11H,12-19H2,1-7H3,(H,28,29)(H,30,31,34). The molecular weight excluding hydrogens is 523 g/mol. The molecule has 0 atom stereocenters. The van der Waals surface area contributed by atoms with Gasteiger partial charge in [-0.2, -0.15) is 4.39 Å². The molecule has 2 heterocycles. The van der Waals surface area contributed by atoms with Gasteiger partial charge in [-0.05, 0) is 42.4 Å². The average Bonchev–Trinajstić information content (AvgIpc) is 2.86. The van der Waals surface area contributed by atoms with E-state index in [1.165, 1.54) is 6.07 Å². The zero-order valence-electron chi connectivity index (χ0n) is 24.2. The van der Waals surface area contributed by atoms with Crippen molar-refractivity contribution >= 4 is 31.7 Å². The Balaban J connectivity index is 1.61. The van der Waals surface area contributed by atoms with Crippen LogP contribution in [0.25, 0.3) is 0 Å². The summed E-state index contributed by atoms with van der Waals surface area (Å²) in [5.74, 6) is -0.151. The predicted octanol–water partition coefficient (Wildman–Crippen LogP) is 3.81. The van der Waals surface area contributed by atoms with E-state index in [4.69, 9.17) is 18.6 Å². The van der Waals surface area contributed by atoms with Crippen molar-refractivity contribution in [2.45, 2.75) is 38.9 Å². The molecule has 0 aliphatic heterocycles. The molecule has 0 aliphatic rings. The molecule has 218 valence electrons. The third-order valence-corrected chi connectivity index (χ3v) is 10.8. The van der Waals surface area contributed by atoms with Crippen LogP contribution in [0.4, 0.5) is 21.8 Å². The van der Waals surface area contributed by atoms with Crippen LogP contribution < -0.4 is 15.5 Å². The summed E-state index contributed by atoms with van der Waals surface area (Å²) in [5, 5.41) is 13.8. The van der Waals surface area contributed by atoms with E-state index in [-0.39, 0.29) is 22.2 Å². The fourth-order valence-electron chi connectivity index (χ4n) is 2.92. The van der Waals surface area contributed by atoms with Gasteiger partial charge in [-0.1, -0.05) is 20.8 Å². The first-order chi connectivity index (χ1) is 18.4. The highest BCUT2D eigenvalue weighted by atomic mass is 28.4. The summed E-state index contributed by atoms with van der Waals surface area (Å²) in [7, 11) is 1.94. The lowest BCUT2D eigenvalue weighted by Crippen LogP contribution is -2.41. The molecular formula is C26H43FN6O5Si. The number of hydrogen-bond donors (Lipinski definition) is 2. The monoisotopic (exact) mass is 566 g/mol. The summed E-state index contributed by atoms with van der Waals surface area (Å²) in [5.41, 5.74) is 0.174. The summed E-state index contributed by atoms with van der Waals surface area (Å²) in [4.78, 5) is 18.3. The number of anilines is 3. The molecule has 0 bridgehead atoms. The molecule has 0 unspecified atom stereocenters. The molecule has 0 spiro atoms. The normalized spacial score (nSPS) is 11.9. The van der Waals surface area contributed by atoms with Gasteiger partial charge in [0, 0.05) is 20.6 Å². The highest BCUT2D eigenvalue weighted by Crippen LogP contribution is 2.36. The SMILES string of the molecule is CN(C)c1ccc(NC(=O)c2ccc(F)nc2NCCOCCOCCOCCO[Si](C)(C)C(C)(C)C)nn1. The van der Waals surface area contributed by atoms with E-state index >= 15 is 0 Å². The number of halogens is 1. The first kappa shape index (κ1) is 32.5. The smallest absolute Gasteiger partial charge is 0.260 e. The lowest BCUT2D eigenvalue weighted by molar-refractivity contribution is 0.0101. The lowest BCUT2D eigenvalue weighted by atomic mass is 10.2. The maximum absolute atomic E-state index is 13.7. The Morgan fingerprint density at radius 2 is 1.54 bits per heavy atom. The van der Waals surface area contributed by atoms with Crippen molar-refractivity contribution in [1.29, 1.82) is 0 Å². The summed E-state index contributed by atoms with van der Waals surface area (Å²) in [6, 6.07) is 5.85. The van der Waals surface area contributed by atoms with Crippen LogP contribution in [0.3, 0.4) is 0 Å². The van der Waals surface area contributed by atoms with Crippen molar-refractivity contribution in [3.05, 3.63) is 35.8 Å². The van der Waals surface area contributed by atoms with Crippen molar-refractivity contribution in [2.24, 2.45) is 0 Å². The lowest BCUT2D eigenvalue weighted by Gasteiger charge is -2.36. The maximum atomic E-state index is 13.7. The second-order valence-electron chi connectivity index (χ2n) is 10.5. The number of carbonyl (C=O) groups is 1. The minimum absolute atomic E-state index is 0.111. The summed E-state index contributed by atoms with van der Waals surface area (Å²) < 4.78 is 36.4. The highest BCUT2D eigenvalue weighted by Gasteiger charge is 2.36. The van der Waals surface area contributed by atoms with Crippen LogP contribution in [0.1, 0.15) is 31.1 Å². The molecule has 0 aliphatic carbocycles. The quantitative estimate of drug-likeness (QED) is 0.166. The number of rotatable bonds is 17. The molecule has 2 aromatic heterocycles. The van der Waals surface area contributed by atoms with Gasteiger partial charge >= 0.3 is 0 Å². The van der Waals surface area contributed by atoms with Crippen LogP contribution in [-0.2, 0) is 18.6 Å². The highest BCUT2D eigenvalue weighted by molar-refractivity contribution is 6.74. The molecule has 39 heavy (non-hydrogen) atoms. The predicted molar refractivity (Wildman–Crippen MR) is 153 cm³/mol. The van der Waals surface area contributed by atoms with Gasteiger partial charge in [-0.25, -0.2) is 4.98 Å². The fourth-order valence-corrected chi connectivity index (χ4v) is 3.95. The zero-order valence-corrected chi connectivity index (χ0v) is 25.2. The summed E-state index contributed by atoms with van der Waals surface area (Å²) in [6.45, 7) is 14.6. The minimum atomic E-state index is -1.74. The van der Waals surface area contributed by atoms with E-state index in [1.54, 1.807) is 17.0 Å². The van der Waals surface area contributed by atoms with Gasteiger partial charge in [-0.15, -0.1) is 10.2 Å². The van der Waals surface area contributed by atoms with Crippen LogP contribution in [0.5, 0.6) is 0 Å². The van der Waals surface area contributed by atoms with Gasteiger partial charge in [0.2, 0.25) is 5.95 Å². The number of nitrogens with one attached hydrogen (secondary N) is 2. The van der Waals surface area contributed by atoms with Crippen LogP contribution >= 0.6 is 0 Å². The fraction of sp³-hybridized carbons (Fsp3) is 0.615. The van der Waals surface area contributed by atoms with E-state index in [1.807, 2.05) is 14.1 Å². The second kappa shape index (κ2) is 15.8. The minimum Gasteiger partial charge on any atom is -0.414 e. The second-order valence-corrected chi connectivity index (χ2v) is 15.3. The Kier molecular flexibility index (Phi) is 13.1. The number of aromatic nitrogens is 3. The van der Waals surface area contributed by atoms with Gasteiger partial charge < -0.3 is 34.2 Å². The Morgan fingerprint density at radius 1 is 0.923 bits per heavy atom. The van der Waals surface area contributed by atoms with Gasteiger partial charge in [0.25, 0.3) is 5.91 Å². The Bertz CT molecular complexity index is 1020. The van der Waals surface area contributed by atoms with Crippen molar-refractivity contribution in [3.63, 3.8) is 0 Å². The molecule has 2 rings (SSSR count). The number of amides is 1. The largest absolute Gasteiger partial charge is 0.414 e. The van der Waals surface area contributed by atoms with Crippen molar-refractivity contribution in [1.82, 2.24) is 15.2 Å². The van der Waals surface area contributed by atoms with Crippen molar-refractivity contribution in [3.8, 4) is 0 Å². The molecule has 2 aromatic rings. The van der Waals surface area contributed by atoms with Crippen LogP contribution in [0.2, 0.25) is 18.1 Å². The van der Waals surface area contributed by atoms with Gasteiger partial charge in [0.15, 0.2) is 20.0 Å². The van der Waals surface area contributed by atoms with E-state index in [9.17, 15) is 9.18 Å².